The number of carbonyl (C=O) groups excluding carboxylic acids is 1. The molecule has 0 unspecified atom stereocenters. The number of carbonyl (C=O) groups is 1. The second kappa shape index (κ2) is 6.92. The first-order chi connectivity index (χ1) is 9.69. The Morgan fingerprint density at radius 2 is 2.00 bits per heavy atom. The molecular formula is C17H16ClNO. The van der Waals surface area contributed by atoms with Crippen molar-refractivity contribution in [3.63, 3.8) is 0 Å². The minimum absolute atomic E-state index is 0.147. The van der Waals surface area contributed by atoms with E-state index in [0.29, 0.717) is 5.02 Å². The molecule has 0 saturated carbocycles. The molecule has 0 saturated heterocycles. The van der Waals surface area contributed by atoms with Crippen LogP contribution in [0.2, 0.25) is 5.02 Å². The molecule has 0 bridgehead atoms. The van der Waals surface area contributed by atoms with Crippen LogP contribution in [0, 0.1) is 0 Å². The number of para-hydroxylation sites is 1. The molecule has 0 atom stereocenters. The van der Waals surface area contributed by atoms with Crippen molar-refractivity contribution in [2.75, 3.05) is 5.32 Å². The van der Waals surface area contributed by atoms with E-state index in [2.05, 4.69) is 12.2 Å². The summed E-state index contributed by atoms with van der Waals surface area (Å²) in [4.78, 5) is 11.9. The van der Waals surface area contributed by atoms with Gasteiger partial charge in [0, 0.05) is 16.8 Å². The highest BCUT2D eigenvalue weighted by Crippen LogP contribution is 2.16. The Balaban J connectivity index is 2.06. The zero-order valence-electron chi connectivity index (χ0n) is 11.3. The molecule has 20 heavy (non-hydrogen) atoms. The average molecular weight is 286 g/mol. The second-order valence-electron chi connectivity index (χ2n) is 4.39. The molecule has 0 aliphatic heterocycles. The van der Waals surface area contributed by atoms with Crippen LogP contribution in [0.5, 0.6) is 0 Å². The lowest BCUT2D eigenvalue weighted by molar-refractivity contribution is -0.111. The van der Waals surface area contributed by atoms with Crippen LogP contribution in [0.25, 0.3) is 6.08 Å². The predicted octanol–water partition coefficient (Wildman–Crippen LogP) is 4.55. The average Bonchev–Trinajstić information content (AvgIpc) is 2.46. The van der Waals surface area contributed by atoms with Crippen molar-refractivity contribution in [3.05, 3.63) is 70.8 Å². The van der Waals surface area contributed by atoms with E-state index in [1.807, 2.05) is 42.5 Å². The number of hydrogen-bond donors (Lipinski definition) is 1. The zero-order valence-corrected chi connectivity index (χ0v) is 12.0. The maximum Gasteiger partial charge on any atom is 0.248 e. The molecule has 0 aliphatic carbocycles. The molecule has 1 amide bonds. The number of amides is 1. The van der Waals surface area contributed by atoms with Crippen LogP contribution in [0.4, 0.5) is 5.69 Å². The summed E-state index contributed by atoms with van der Waals surface area (Å²) in [5.41, 5.74) is 2.88. The maximum atomic E-state index is 11.9. The highest BCUT2D eigenvalue weighted by molar-refractivity contribution is 6.30. The maximum absolute atomic E-state index is 11.9. The molecular weight excluding hydrogens is 270 g/mol. The molecule has 102 valence electrons. The van der Waals surface area contributed by atoms with E-state index in [0.717, 1.165) is 23.2 Å². The summed E-state index contributed by atoms with van der Waals surface area (Å²) >= 11 is 5.90. The smallest absolute Gasteiger partial charge is 0.248 e. The van der Waals surface area contributed by atoms with Crippen LogP contribution in [-0.2, 0) is 11.2 Å². The van der Waals surface area contributed by atoms with E-state index in [1.54, 1.807) is 12.1 Å². The van der Waals surface area contributed by atoms with Crippen molar-refractivity contribution in [1.29, 1.82) is 0 Å². The Morgan fingerprint density at radius 3 is 2.75 bits per heavy atom. The van der Waals surface area contributed by atoms with Crippen molar-refractivity contribution in [3.8, 4) is 0 Å². The minimum Gasteiger partial charge on any atom is -0.322 e. The first kappa shape index (κ1) is 14.4. The molecule has 0 heterocycles. The number of benzene rings is 2. The van der Waals surface area contributed by atoms with Gasteiger partial charge in [-0.1, -0.05) is 48.9 Å². The van der Waals surface area contributed by atoms with E-state index in [1.165, 1.54) is 6.08 Å². The molecule has 2 rings (SSSR count). The van der Waals surface area contributed by atoms with Gasteiger partial charge in [0.25, 0.3) is 0 Å². The Kier molecular flexibility index (Phi) is 4.97. The molecule has 0 radical (unpaired) electrons. The topological polar surface area (TPSA) is 29.1 Å². The van der Waals surface area contributed by atoms with Crippen LogP contribution in [0.1, 0.15) is 18.1 Å². The Labute approximate surface area is 124 Å². The molecule has 0 aliphatic rings. The third-order valence-electron chi connectivity index (χ3n) is 2.93. The Hall–Kier alpha value is -2.06. The largest absolute Gasteiger partial charge is 0.322 e. The molecule has 0 aromatic heterocycles. The number of nitrogens with one attached hydrogen (secondary N) is 1. The number of hydrogen-bond acceptors (Lipinski definition) is 1. The fraction of sp³-hybridized carbons (Fsp3) is 0.118. The van der Waals surface area contributed by atoms with Crippen molar-refractivity contribution in [1.82, 2.24) is 0 Å². The van der Waals surface area contributed by atoms with Crippen LogP contribution in [0.15, 0.2) is 54.6 Å². The van der Waals surface area contributed by atoms with Crippen molar-refractivity contribution < 1.29 is 4.79 Å². The summed E-state index contributed by atoms with van der Waals surface area (Å²) in [6.45, 7) is 2.06. The standard InChI is InChI=1S/C17H16ClNO/c1-2-14-7-3-4-9-16(14)19-17(20)11-10-13-6-5-8-15(18)12-13/h3-12H,2H2,1H3,(H,19,20)/b11-10+. The van der Waals surface area contributed by atoms with Gasteiger partial charge in [0.1, 0.15) is 0 Å². The summed E-state index contributed by atoms with van der Waals surface area (Å²) in [5.74, 6) is -0.147. The van der Waals surface area contributed by atoms with Crippen LogP contribution in [0.3, 0.4) is 0 Å². The SMILES string of the molecule is CCc1ccccc1NC(=O)/C=C/c1cccc(Cl)c1. The van der Waals surface area contributed by atoms with Gasteiger partial charge in [-0.25, -0.2) is 0 Å². The van der Waals surface area contributed by atoms with Gasteiger partial charge in [-0.2, -0.15) is 0 Å². The van der Waals surface area contributed by atoms with Gasteiger partial charge >= 0.3 is 0 Å². The molecule has 2 aromatic carbocycles. The predicted molar refractivity (Wildman–Crippen MR) is 84.9 cm³/mol. The van der Waals surface area contributed by atoms with Gasteiger partial charge in [0.2, 0.25) is 5.91 Å². The van der Waals surface area contributed by atoms with Crippen LogP contribution >= 0.6 is 11.6 Å². The van der Waals surface area contributed by atoms with Gasteiger partial charge in [0.15, 0.2) is 0 Å². The second-order valence-corrected chi connectivity index (χ2v) is 4.82. The highest BCUT2D eigenvalue weighted by atomic mass is 35.5. The lowest BCUT2D eigenvalue weighted by atomic mass is 10.1. The van der Waals surface area contributed by atoms with E-state index in [4.69, 9.17) is 11.6 Å². The number of rotatable bonds is 4. The number of aryl methyl sites for hydroxylation is 1. The molecule has 3 heteroatoms. The Morgan fingerprint density at radius 1 is 1.20 bits per heavy atom. The molecule has 0 spiro atoms. The number of halogens is 1. The summed E-state index contributed by atoms with van der Waals surface area (Å²) in [7, 11) is 0. The molecule has 1 N–H and O–H groups in total. The normalized spacial score (nSPS) is 10.7. The van der Waals surface area contributed by atoms with Gasteiger partial charge in [-0.15, -0.1) is 0 Å². The van der Waals surface area contributed by atoms with Gasteiger partial charge < -0.3 is 5.32 Å². The summed E-state index contributed by atoms with van der Waals surface area (Å²) in [6, 6.07) is 15.2. The molecule has 0 fully saturated rings. The van der Waals surface area contributed by atoms with E-state index >= 15 is 0 Å². The Bertz CT molecular complexity index is 634. The van der Waals surface area contributed by atoms with Crippen LogP contribution < -0.4 is 5.32 Å². The molecule has 2 nitrogen and oxygen atoms in total. The van der Waals surface area contributed by atoms with E-state index < -0.39 is 0 Å². The van der Waals surface area contributed by atoms with E-state index in [-0.39, 0.29) is 5.91 Å². The quantitative estimate of drug-likeness (QED) is 0.820. The lowest BCUT2D eigenvalue weighted by Crippen LogP contribution is -2.09. The zero-order chi connectivity index (χ0) is 14.4. The third kappa shape index (κ3) is 3.97. The summed E-state index contributed by atoms with van der Waals surface area (Å²) in [6.07, 6.45) is 4.14. The highest BCUT2D eigenvalue weighted by Gasteiger charge is 2.02. The monoisotopic (exact) mass is 285 g/mol. The van der Waals surface area contributed by atoms with Crippen molar-refractivity contribution in [2.24, 2.45) is 0 Å². The summed E-state index contributed by atoms with van der Waals surface area (Å²) in [5, 5.41) is 3.54. The fourth-order valence-electron chi connectivity index (χ4n) is 1.91. The number of anilines is 1. The third-order valence-corrected chi connectivity index (χ3v) is 3.17. The van der Waals surface area contributed by atoms with Gasteiger partial charge in [-0.05, 0) is 41.8 Å². The van der Waals surface area contributed by atoms with E-state index in [9.17, 15) is 4.79 Å². The van der Waals surface area contributed by atoms with Crippen LogP contribution in [-0.4, -0.2) is 5.91 Å². The van der Waals surface area contributed by atoms with Crippen molar-refractivity contribution in [2.45, 2.75) is 13.3 Å². The van der Waals surface area contributed by atoms with Gasteiger partial charge in [-0.3, -0.25) is 4.79 Å². The minimum atomic E-state index is -0.147. The van der Waals surface area contributed by atoms with Gasteiger partial charge in [0.05, 0.1) is 0 Å². The summed E-state index contributed by atoms with van der Waals surface area (Å²) < 4.78 is 0. The lowest BCUT2D eigenvalue weighted by Gasteiger charge is -2.07. The molecule has 2 aromatic rings. The van der Waals surface area contributed by atoms with Crippen molar-refractivity contribution >= 4 is 29.3 Å². The first-order valence-corrected chi connectivity index (χ1v) is 6.89. The first-order valence-electron chi connectivity index (χ1n) is 6.51. The fourth-order valence-corrected chi connectivity index (χ4v) is 2.11.